The smallest absolute Gasteiger partial charge is 0.421 e. The largest absolute Gasteiger partial charge is 0.448 e. The zero-order valence-corrected chi connectivity index (χ0v) is 41.3. The zero-order chi connectivity index (χ0) is 50.3. The zero-order valence-electron chi connectivity index (χ0n) is 41.3. The maximum absolute atomic E-state index is 14.9. The molecule has 4 amide bonds. The van der Waals surface area contributed by atoms with E-state index < -0.39 is 23.7 Å². The average Bonchev–Trinajstić information content (AvgIpc) is 3.93. The summed E-state index contributed by atoms with van der Waals surface area (Å²) in [6.45, 7) is 14.5. The standard InChI is InChI=1S/C54H68FN5O10/c1-7-59(8-2)24-22-57-52(64)50-35(4)46(58-36(50)5)32-44-43-31-38(55)17-19-47(43)60(53(44)65)54(66)70-33-45-39-12-9-13-41(48(62)14-10-28-69-34(3)21-25-61)51(39)40-18-15-37(30-42(40)45)16-20-49(63)56-23-29-68-27-11-26-67-6/h9,12-13,15,17-19,30-32,34,45,58,61H,7-8,10-11,14,16,20-29,33H2,1-6H3,(H,56,63)(H,57,64)/b44-32-. The highest BCUT2D eigenvalue weighted by Gasteiger charge is 2.40. The van der Waals surface area contributed by atoms with Gasteiger partial charge in [0.15, 0.2) is 5.78 Å². The number of ether oxygens (including phenoxy) is 4. The van der Waals surface area contributed by atoms with Gasteiger partial charge in [-0.05, 0) is 117 Å². The van der Waals surface area contributed by atoms with E-state index in [9.17, 15) is 33.5 Å². The van der Waals surface area contributed by atoms with Gasteiger partial charge < -0.3 is 44.6 Å². The molecule has 2 heterocycles. The van der Waals surface area contributed by atoms with E-state index >= 15 is 0 Å². The maximum atomic E-state index is 14.9. The summed E-state index contributed by atoms with van der Waals surface area (Å²) in [5.41, 5.74) is 6.93. The fraction of sp³-hybridized carbons (Fsp3) is 0.463. The molecule has 2 atom stereocenters. The van der Waals surface area contributed by atoms with Gasteiger partial charge in [-0.1, -0.05) is 50.2 Å². The van der Waals surface area contributed by atoms with Gasteiger partial charge in [0.25, 0.3) is 11.8 Å². The molecule has 0 saturated heterocycles. The summed E-state index contributed by atoms with van der Waals surface area (Å²) >= 11 is 0. The van der Waals surface area contributed by atoms with Gasteiger partial charge in [0.05, 0.1) is 29.5 Å². The number of hydrogen-bond donors (Lipinski definition) is 4. The molecule has 16 heteroatoms. The topological polar surface area (TPSA) is 189 Å². The summed E-state index contributed by atoms with van der Waals surface area (Å²) in [4.78, 5) is 75.1. The SMILES string of the molecule is CCN(CC)CCNC(=O)c1c(C)[nH]c(/C=C2\C(=O)N(C(=O)OCC3c4cc(CCC(=O)NCCOCCCOC)ccc4-c4c(C(=O)CCCOC(C)CCO)cccc43)c3ccc(F)cc32)c1C. The molecule has 0 spiro atoms. The Labute approximate surface area is 410 Å². The fourth-order valence-electron chi connectivity index (χ4n) is 9.12. The Morgan fingerprint density at radius 3 is 2.49 bits per heavy atom. The number of benzene rings is 3. The number of ketones is 1. The summed E-state index contributed by atoms with van der Waals surface area (Å²) < 4.78 is 37.3. The molecule has 0 fully saturated rings. The number of nitrogens with one attached hydrogen (secondary N) is 3. The third-order valence-electron chi connectivity index (χ3n) is 12.9. The number of aliphatic hydroxyl groups is 1. The van der Waals surface area contributed by atoms with Gasteiger partial charge in [-0.2, -0.15) is 0 Å². The van der Waals surface area contributed by atoms with Crippen LogP contribution >= 0.6 is 0 Å². The number of halogens is 1. The van der Waals surface area contributed by atoms with E-state index in [1.807, 2.05) is 31.2 Å². The molecule has 1 aliphatic heterocycles. The Morgan fingerprint density at radius 1 is 0.929 bits per heavy atom. The van der Waals surface area contributed by atoms with Crippen LogP contribution in [-0.4, -0.2) is 130 Å². The first-order valence-electron chi connectivity index (χ1n) is 24.4. The third-order valence-corrected chi connectivity index (χ3v) is 12.9. The quantitative estimate of drug-likeness (QED) is 0.0263. The van der Waals surface area contributed by atoms with Crippen molar-refractivity contribution in [1.29, 1.82) is 0 Å². The van der Waals surface area contributed by atoms with Gasteiger partial charge in [0.1, 0.15) is 12.4 Å². The van der Waals surface area contributed by atoms with E-state index in [0.717, 1.165) is 52.2 Å². The van der Waals surface area contributed by atoms with Crippen molar-refractivity contribution in [3.05, 3.63) is 111 Å². The molecule has 0 bridgehead atoms. The van der Waals surface area contributed by atoms with Crippen LogP contribution in [0.3, 0.4) is 0 Å². The number of aromatic nitrogens is 1. The number of aromatic amines is 1. The summed E-state index contributed by atoms with van der Waals surface area (Å²) in [7, 11) is 1.63. The molecular formula is C54H68FN5O10. The van der Waals surface area contributed by atoms with Gasteiger partial charge in [0.2, 0.25) is 5.91 Å². The van der Waals surface area contributed by atoms with Crippen molar-refractivity contribution in [2.75, 3.05) is 84.4 Å². The molecule has 4 aromatic rings. The Bertz CT molecular complexity index is 2530. The number of fused-ring (bicyclic) bond motifs is 4. The van der Waals surface area contributed by atoms with E-state index in [2.05, 4.69) is 34.4 Å². The van der Waals surface area contributed by atoms with Crippen molar-refractivity contribution in [2.24, 2.45) is 0 Å². The molecule has 376 valence electrons. The number of likely N-dealkylation sites (N-methyl/N-ethyl adjacent to an activating group) is 1. The van der Waals surface area contributed by atoms with Crippen LogP contribution in [0, 0.1) is 19.7 Å². The minimum absolute atomic E-state index is 0.0147. The number of imide groups is 1. The minimum atomic E-state index is -0.970. The monoisotopic (exact) mass is 965 g/mol. The van der Waals surface area contributed by atoms with Crippen molar-refractivity contribution in [3.63, 3.8) is 0 Å². The van der Waals surface area contributed by atoms with Crippen molar-refractivity contribution >= 4 is 46.9 Å². The van der Waals surface area contributed by atoms with Crippen LogP contribution in [0.25, 0.3) is 22.8 Å². The molecular weight excluding hydrogens is 898 g/mol. The van der Waals surface area contributed by atoms with Crippen LogP contribution in [0.5, 0.6) is 0 Å². The third kappa shape index (κ3) is 13.0. The number of carbonyl (C=O) groups is 5. The van der Waals surface area contributed by atoms with Crippen LogP contribution < -0.4 is 15.5 Å². The van der Waals surface area contributed by atoms with Crippen LogP contribution in [-0.2, 0) is 35.0 Å². The lowest BCUT2D eigenvalue weighted by molar-refractivity contribution is -0.121. The molecule has 0 saturated carbocycles. The average molecular weight is 966 g/mol. The summed E-state index contributed by atoms with van der Waals surface area (Å²) in [5, 5.41) is 15.1. The first kappa shape index (κ1) is 53.3. The summed E-state index contributed by atoms with van der Waals surface area (Å²) in [5.74, 6) is -2.35. The molecule has 70 heavy (non-hydrogen) atoms. The number of anilines is 1. The predicted octanol–water partition coefficient (Wildman–Crippen LogP) is 7.53. The van der Waals surface area contributed by atoms with Crippen molar-refractivity contribution in [3.8, 4) is 11.1 Å². The van der Waals surface area contributed by atoms with E-state index in [-0.39, 0.29) is 66.6 Å². The highest BCUT2D eigenvalue weighted by Crippen LogP contribution is 2.48. The van der Waals surface area contributed by atoms with Crippen LogP contribution in [0.1, 0.15) is 119 Å². The van der Waals surface area contributed by atoms with Crippen molar-refractivity contribution in [1.82, 2.24) is 20.5 Å². The van der Waals surface area contributed by atoms with Gasteiger partial charge in [-0.3, -0.25) is 19.2 Å². The second-order valence-electron chi connectivity index (χ2n) is 17.7. The second kappa shape index (κ2) is 25.7. The van der Waals surface area contributed by atoms with Gasteiger partial charge >= 0.3 is 6.09 Å². The van der Waals surface area contributed by atoms with E-state index in [4.69, 9.17) is 18.9 Å². The van der Waals surface area contributed by atoms with Crippen molar-refractivity contribution < 1.29 is 52.4 Å². The molecule has 0 radical (unpaired) electrons. The molecule has 3 aromatic carbocycles. The molecule has 15 nitrogen and oxygen atoms in total. The highest BCUT2D eigenvalue weighted by atomic mass is 19.1. The van der Waals surface area contributed by atoms with E-state index in [0.29, 0.717) is 93.4 Å². The van der Waals surface area contributed by atoms with Crippen LogP contribution in [0.4, 0.5) is 14.9 Å². The normalized spacial score (nSPS) is 14.8. The molecule has 1 aliphatic carbocycles. The minimum Gasteiger partial charge on any atom is -0.448 e. The Hall–Kier alpha value is -6.04. The molecule has 4 N–H and O–H groups in total. The molecule has 2 aliphatic rings. The molecule has 2 unspecified atom stereocenters. The molecule has 6 rings (SSSR count). The number of aryl methyl sites for hydroxylation is 2. The summed E-state index contributed by atoms with van der Waals surface area (Å²) in [6.07, 6.45) is 3.04. The predicted molar refractivity (Wildman–Crippen MR) is 267 cm³/mol. The lowest BCUT2D eigenvalue weighted by Crippen LogP contribution is -2.35. The van der Waals surface area contributed by atoms with Gasteiger partial charge in [-0.25, -0.2) is 14.1 Å². The number of carbonyl (C=O) groups excluding carboxylic acids is 5. The van der Waals surface area contributed by atoms with Gasteiger partial charge in [-0.15, -0.1) is 0 Å². The number of aliphatic hydroxyl groups excluding tert-OH is 1. The fourth-order valence-corrected chi connectivity index (χ4v) is 9.12. The second-order valence-corrected chi connectivity index (χ2v) is 17.7. The number of rotatable bonds is 27. The Kier molecular flexibility index (Phi) is 19.6. The first-order valence-corrected chi connectivity index (χ1v) is 24.4. The number of Topliss-reactive ketones (excluding diaryl/α,β-unsaturated/α-hetero) is 1. The lowest BCUT2D eigenvalue weighted by atomic mass is 9.93. The van der Waals surface area contributed by atoms with Crippen LogP contribution in [0.2, 0.25) is 0 Å². The van der Waals surface area contributed by atoms with Crippen molar-refractivity contribution in [2.45, 2.75) is 85.2 Å². The first-order chi connectivity index (χ1) is 33.8. The highest BCUT2D eigenvalue weighted by molar-refractivity contribution is 6.41. The maximum Gasteiger partial charge on any atom is 0.421 e. The number of amides is 4. The number of H-pyrrole nitrogens is 1. The Morgan fingerprint density at radius 2 is 1.73 bits per heavy atom. The lowest BCUT2D eigenvalue weighted by Gasteiger charge is -2.19. The van der Waals surface area contributed by atoms with E-state index in [1.165, 1.54) is 24.3 Å². The number of methoxy groups -OCH3 is 1. The van der Waals surface area contributed by atoms with E-state index in [1.54, 1.807) is 33.1 Å². The van der Waals surface area contributed by atoms with Crippen LogP contribution in [0.15, 0.2) is 54.6 Å². The summed E-state index contributed by atoms with van der Waals surface area (Å²) in [6, 6.07) is 15.1. The number of hydrogen-bond acceptors (Lipinski definition) is 11. The Balaban J connectivity index is 1.22. The van der Waals surface area contributed by atoms with Gasteiger partial charge in [0, 0.05) is 94.4 Å². The number of nitrogens with zero attached hydrogens (tertiary/aromatic N) is 2. The molecule has 1 aromatic heterocycles.